The van der Waals surface area contributed by atoms with Crippen molar-refractivity contribution >= 4 is 5.91 Å². The molecule has 1 aliphatic rings. The van der Waals surface area contributed by atoms with Crippen molar-refractivity contribution in [2.45, 2.75) is 26.4 Å². The number of nitrogens with one attached hydrogen (secondary N) is 2. The van der Waals surface area contributed by atoms with Gasteiger partial charge in [0.05, 0.1) is 12.6 Å². The molecule has 1 fully saturated rings. The quantitative estimate of drug-likeness (QED) is 0.663. The Balaban J connectivity index is 2.06. The van der Waals surface area contributed by atoms with Crippen molar-refractivity contribution in [1.82, 2.24) is 10.6 Å². The van der Waals surface area contributed by atoms with Gasteiger partial charge in [0.15, 0.2) is 0 Å². The lowest BCUT2D eigenvalue weighted by molar-refractivity contribution is -0.120. The smallest absolute Gasteiger partial charge is 0.233 e. The van der Waals surface area contributed by atoms with Crippen molar-refractivity contribution in [1.29, 1.82) is 0 Å². The lowest BCUT2D eigenvalue weighted by Gasteiger charge is -2.14. The molecule has 0 radical (unpaired) electrons. The molecule has 14 heavy (non-hydrogen) atoms. The van der Waals surface area contributed by atoms with E-state index >= 15 is 0 Å². The summed E-state index contributed by atoms with van der Waals surface area (Å²) in [4.78, 5) is 11.1. The van der Waals surface area contributed by atoms with Crippen molar-refractivity contribution in [2.24, 2.45) is 5.92 Å². The fourth-order valence-electron chi connectivity index (χ4n) is 1.67. The number of hydrogen-bond donors (Lipinski definition) is 2. The number of amides is 1. The Morgan fingerprint density at radius 2 is 2.36 bits per heavy atom. The minimum Gasteiger partial charge on any atom is -0.378 e. The first kappa shape index (κ1) is 11.5. The molecule has 0 aromatic heterocycles. The van der Waals surface area contributed by atoms with Gasteiger partial charge in [-0.3, -0.25) is 4.79 Å². The van der Waals surface area contributed by atoms with E-state index in [2.05, 4.69) is 17.6 Å². The number of hydrogen-bond acceptors (Lipinski definition) is 3. The Bertz CT molecular complexity index is 185. The van der Waals surface area contributed by atoms with Crippen LogP contribution in [0.2, 0.25) is 0 Å². The van der Waals surface area contributed by atoms with E-state index in [1.54, 1.807) is 0 Å². The lowest BCUT2D eigenvalue weighted by atomic mass is 10.0. The number of carbonyl (C=O) groups is 1. The molecule has 2 atom stereocenters. The molecule has 1 saturated heterocycles. The Hall–Kier alpha value is -0.610. The first-order valence-electron chi connectivity index (χ1n) is 5.33. The minimum absolute atomic E-state index is 0.0686. The van der Waals surface area contributed by atoms with E-state index in [9.17, 15) is 4.79 Å². The van der Waals surface area contributed by atoms with Gasteiger partial charge in [-0.1, -0.05) is 0 Å². The van der Waals surface area contributed by atoms with E-state index in [0.717, 1.165) is 19.6 Å². The first-order chi connectivity index (χ1) is 6.74. The van der Waals surface area contributed by atoms with E-state index < -0.39 is 0 Å². The summed E-state index contributed by atoms with van der Waals surface area (Å²) in [6.45, 7) is 6.85. The van der Waals surface area contributed by atoms with Crippen LogP contribution in [0.4, 0.5) is 0 Å². The van der Waals surface area contributed by atoms with Gasteiger partial charge in [-0.25, -0.2) is 0 Å². The van der Waals surface area contributed by atoms with Gasteiger partial charge in [0.2, 0.25) is 5.91 Å². The number of likely N-dealkylation sites (N-methyl/N-ethyl adjacent to an activating group) is 1. The molecule has 0 bridgehead atoms. The molecule has 0 aromatic carbocycles. The van der Waals surface area contributed by atoms with E-state index in [-0.39, 0.29) is 5.91 Å². The zero-order valence-electron chi connectivity index (χ0n) is 9.01. The molecule has 4 nitrogen and oxygen atoms in total. The van der Waals surface area contributed by atoms with E-state index in [0.29, 0.717) is 25.1 Å². The number of carbonyl (C=O) groups excluding carboxylic acids is 1. The third-order valence-electron chi connectivity index (χ3n) is 2.60. The van der Waals surface area contributed by atoms with Crippen LogP contribution in [0.15, 0.2) is 0 Å². The Morgan fingerprint density at radius 3 is 2.93 bits per heavy atom. The van der Waals surface area contributed by atoms with Crippen LogP contribution in [0.5, 0.6) is 0 Å². The van der Waals surface area contributed by atoms with Crippen LogP contribution in [-0.2, 0) is 9.53 Å². The predicted octanol–water partition coefficient (Wildman–Crippen LogP) is 0.137. The van der Waals surface area contributed by atoms with Gasteiger partial charge in [0, 0.05) is 19.7 Å². The molecule has 1 rings (SSSR count). The summed E-state index contributed by atoms with van der Waals surface area (Å²) in [7, 11) is 0. The van der Waals surface area contributed by atoms with Crippen molar-refractivity contribution in [3.63, 3.8) is 0 Å². The Morgan fingerprint density at radius 1 is 1.57 bits per heavy atom. The van der Waals surface area contributed by atoms with E-state index in [1.807, 2.05) is 6.92 Å². The fourth-order valence-corrected chi connectivity index (χ4v) is 1.67. The topological polar surface area (TPSA) is 50.4 Å². The normalized spacial score (nSPS) is 26.4. The molecule has 2 N–H and O–H groups in total. The van der Waals surface area contributed by atoms with Crippen LogP contribution in [0.1, 0.15) is 20.3 Å². The molecule has 1 amide bonds. The number of rotatable bonds is 5. The van der Waals surface area contributed by atoms with Crippen molar-refractivity contribution in [3.8, 4) is 0 Å². The largest absolute Gasteiger partial charge is 0.378 e. The molecule has 0 saturated carbocycles. The van der Waals surface area contributed by atoms with Crippen LogP contribution >= 0.6 is 0 Å². The molecular weight excluding hydrogens is 180 g/mol. The van der Waals surface area contributed by atoms with Gasteiger partial charge < -0.3 is 15.4 Å². The van der Waals surface area contributed by atoms with E-state index in [1.165, 1.54) is 0 Å². The van der Waals surface area contributed by atoms with E-state index in [4.69, 9.17) is 4.74 Å². The molecular formula is C10H20N2O2. The minimum atomic E-state index is 0.0686. The summed E-state index contributed by atoms with van der Waals surface area (Å²) in [6.07, 6.45) is 1.43. The van der Waals surface area contributed by atoms with Crippen molar-refractivity contribution < 1.29 is 9.53 Å². The van der Waals surface area contributed by atoms with Crippen LogP contribution in [0.25, 0.3) is 0 Å². The second-order valence-corrected chi connectivity index (χ2v) is 3.71. The van der Waals surface area contributed by atoms with Gasteiger partial charge in [0.1, 0.15) is 0 Å². The maximum atomic E-state index is 11.1. The maximum Gasteiger partial charge on any atom is 0.233 e. The second-order valence-electron chi connectivity index (χ2n) is 3.71. The third kappa shape index (κ3) is 3.64. The molecule has 1 heterocycles. The van der Waals surface area contributed by atoms with Crippen LogP contribution < -0.4 is 10.6 Å². The molecule has 2 unspecified atom stereocenters. The average molecular weight is 200 g/mol. The molecule has 82 valence electrons. The zero-order chi connectivity index (χ0) is 10.4. The van der Waals surface area contributed by atoms with Crippen molar-refractivity contribution in [3.05, 3.63) is 0 Å². The summed E-state index contributed by atoms with van der Waals surface area (Å²) in [5.41, 5.74) is 0. The molecule has 0 aliphatic carbocycles. The zero-order valence-corrected chi connectivity index (χ0v) is 9.01. The molecule has 4 heteroatoms. The highest BCUT2D eigenvalue weighted by molar-refractivity contribution is 5.77. The SMILES string of the molecule is CCNC(=O)CNCC1CCOC1C. The number of ether oxygens (including phenoxy) is 1. The highest BCUT2D eigenvalue weighted by Crippen LogP contribution is 2.18. The van der Waals surface area contributed by atoms with Gasteiger partial charge >= 0.3 is 0 Å². The maximum absolute atomic E-state index is 11.1. The van der Waals surface area contributed by atoms with Crippen molar-refractivity contribution in [2.75, 3.05) is 26.2 Å². The van der Waals surface area contributed by atoms with Crippen LogP contribution in [-0.4, -0.2) is 38.3 Å². The summed E-state index contributed by atoms with van der Waals surface area (Å²) >= 11 is 0. The Labute approximate surface area is 85.4 Å². The first-order valence-corrected chi connectivity index (χ1v) is 5.33. The Kier molecular flexibility index (Phi) is 4.90. The predicted molar refractivity (Wildman–Crippen MR) is 55.1 cm³/mol. The summed E-state index contributed by atoms with van der Waals surface area (Å²) in [5.74, 6) is 0.628. The monoisotopic (exact) mass is 200 g/mol. The summed E-state index contributed by atoms with van der Waals surface area (Å²) in [5, 5.41) is 5.90. The van der Waals surface area contributed by atoms with Gasteiger partial charge in [-0.05, 0) is 26.2 Å². The van der Waals surface area contributed by atoms with Crippen LogP contribution in [0.3, 0.4) is 0 Å². The molecule has 0 spiro atoms. The standard InChI is InChI=1S/C10H20N2O2/c1-3-12-10(13)7-11-6-9-4-5-14-8(9)2/h8-9,11H,3-7H2,1-2H3,(H,12,13). The lowest BCUT2D eigenvalue weighted by Crippen LogP contribution is -2.36. The summed E-state index contributed by atoms with van der Waals surface area (Å²) in [6, 6.07) is 0. The highest BCUT2D eigenvalue weighted by Gasteiger charge is 2.23. The molecule has 0 aromatic rings. The van der Waals surface area contributed by atoms with Gasteiger partial charge in [-0.2, -0.15) is 0 Å². The van der Waals surface area contributed by atoms with Crippen LogP contribution in [0, 0.1) is 5.92 Å². The molecule has 1 aliphatic heterocycles. The third-order valence-corrected chi connectivity index (χ3v) is 2.60. The second kappa shape index (κ2) is 5.98. The average Bonchev–Trinajstić information content (AvgIpc) is 2.52. The van der Waals surface area contributed by atoms with Gasteiger partial charge in [0.25, 0.3) is 0 Å². The highest BCUT2D eigenvalue weighted by atomic mass is 16.5. The summed E-state index contributed by atoms with van der Waals surface area (Å²) < 4.78 is 5.43. The van der Waals surface area contributed by atoms with Gasteiger partial charge in [-0.15, -0.1) is 0 Å². The fraction of sp³-hybridized carbons (Fsp3) is 0.900.